The van der Waals surface area contributed by atoms with Crippen molar-refractivity contribution >= 4 is 17.7 Å². The number of hydrogen-bond donors (Lipinski definition) is 2. The molecule has 0 amide bonds. The van der Waals surface area contributed by atoms with Gasteiger partial charge in [0.15, 0.2) is 0 Å². The number of benzene rings is 1. The second-order valence-corrected chi connectivity index (χ2v) is 4.89. The maximum Gasteiger partial charge on any atom is 0.336 e. The van der Waals surface area contributed by atoms with Gasteiger partial charge in [-0.05, 0) is 12.1 Å². The molecule has 1 aromatic carbocycles. The maximum absolute atomic E-state index is 11.0. The van der Waals surface area contributed by atoms with Crippen LogP contribution in [-0.2, 0) is 4.74 Å². The Kier molecular flexibility index (Phi) is 6.49. The van der Waals surface area contributed by atoms with Crippen molar-refractivity contribution in [2.45, 2.75) is 10.1 Å². The number of ether oxygens (including phenoxy) is 1. The lowest BCUT2D eigenvalue weighted by atomic mass is 10.2. The summed E-state index contributed by atoms with van der Waals surface area (Å²) in [6, 6.07) is 6.72. The maximum atomic E-state index is 11.0. The Morgan fingerprint density at radius 2 is 2.22 bits per heavy atom. The molecule has 0 aliphatic heterocycles. The summed E-state index contributed by atoms with van der Waals surface area (Å²) in [5, 5.41) is 18.1. The van der Waals surface area contributed by atoms with Gasteiger partial charge in [-0.15, -0.1) is 18.3 Å². The van der Waals surface area contributed by atoms with E-state index in [9.17, 15) is 9.90 Å². The molecule has 1 rings (SSSR count). The van der Waals surface area contributed by atoms with Crippen molar-refractivity contribution in [3.8, 4) is 0 Å². The summed E-state index contributed by atoms with van der Waals surface area (Å²) in [6.07, 6.45) is 1.63. The lowest BCUT2D eigenvalue weighted by Gasteiger charge is -2.14. The minimum absolute atomic E-state index is 0.0736. The minimum atomic E-state index is -0.971. The molecule has 0 saturated carbocycles. The smallest absolute Gasteiger partial charge is 0.336 e. The Bertz CT molecular complexity index is 406. The summed E-state index contributed by atoms with van der Waals surface area (Å²) >= 11 is 1.30. The molecular formula is C13H16O4S. The van der Waals surface area contributed by atoms with Crippen LogP contribution in [0.4, 0.5) is 0 Å². The fourth-order valence-corrected chi connectivity index (χ4v) is 2.37. The normalized spacial score (nSPS) is 12.1. The Morgan fingerprint density at radius 1 is 1.50 bits per heavy atom. The Labute approximate surface area is 110 Å². The van der Waals surface area contributed by atoms with Gasteiger partial charge in [0.2, 0.25) is 0 Å². The first-order valence-electron chi connectivity index (χ1n) is 5.47. The third-order valence-corrected chi connectivity index (χ3v) is 3.38. The van der Waals surface area contributed by atoms with Gasteiger partial charge < -0.3 is 14.9 Å². The van der Waals surface area contributed by atoms with Crippen LogP contribution in [0.3, 0.4) is 0 Å². The van der Waals surface area contributed by atoms with Gasteiger partial charge in [-0.3, -0.25) is 0 Å². The van der Waals surface area contributed by atoms with E-state index < -0.39 is 5.97 Å². The van der Waals surface area contributed by atoms with Gasteiger partial charge in [0.1, 0.15) is 0 Å². The number of carbonyl (C=O) groups is 1. The zero-order valence-electron chi connectivity index (χ0n) is 9.91. The highest BCUT2D eigenvalue weighted by Gasteiger charge is 2.15. The molecule has 0 saturated heterocycles. The number of thioether (sulfide) groups is 1. The summed E-state index contributed by atoms with van der Waals surface area (Å²) in [5.41, 5.74) is 0.240. The molecule has 1 unspecified atom stereocenters. The van der Waals surface area contributed by atoms with E-state index in [2.05, 4.69) is 6.58 Å². The molecular weight excluding hydrogens is 252 g/mol. The van der Waals surface area contributed by atoms with Crippen LogP contribution in [0.2, 0.25) is 0 Å². The quantitative estimate of drug-likeness (QED) is 0.429. The summed E-state index contributed by atoms with van der Waals surface area (Å²) in [4.78, 5) is 11.7. The van der Waals surface area contributed by atoms with Crippen LogP contribution < -0.4 is 0 Å². The Balaban J connectivity index is 2.69. The van der Waals surface area contributed by atoms with Crippen LogP contribution in [0.15, 0.2) is 41.8 Å². The number of aliphatic hydroxyl groups is 1. The minimum Gasteiger partial charge on any atom is -0.478 e. The van der Waals surface area contributed by atoms with Gasteiger partial charge in [-0.25, -0.2) is 4.79 Å². The third-order valence-electron chi connectivity index (χ3n) is 2.15. The van der Waals surface area contributed by atoms with Crippen LogP contribution in [-0.4, -0.2) is 41.3 Å². The topological polar surface area (TPSA) is 66.8 Å². The molecule has 0 aliphatic carbocycles. The predicted molar refractivity (Wildman–Crippen MR) is 71.1 cm³/mol. The highest BCUT2D eigenvalue weighted by molar-refractivity contribution is 8.00. The van der Waals surface area contributed by atoms with Gasteiger partial charge in [0, 0.05) is 4.90 Å². The first-order chi connectivity index (χ1) is 8.69. The molecule has 5 heteroatoms. The van der Waals surface area contributed by atoms with E-state index in [1.54, 1.807) is 30.3 Å². The van der Waals surface area contributed by atoms with Crippen LogP contribution >= 0.6 is 11.8 Å². The SMILES string of the molecule is C=CCOCC(CO)Sc1ccccc1C(=O)O. The number of carboxylic acids is 1. The molecule has 4 nitrogen and oxygen atoms in total. The molecule has 0 fully saturated rings. The van der Waals surface area contributed by atoms with Crippen LogP contribution in [0.25, 0.3) is 0 Å². The van der Waals surface area contributed by atoms with Crippen molar-refractivity contribution in [2.75, 3.05) is 19.8 Å². The largest absolute Gasteiger partial charge is 0.478 e. The summed E-state index contributed by atoms with van der Waals surface area (Å²) < 4.78 is 5.26. The highest BCUT2D eigenvalue weighted by atomic mass is 32.2. The molecule has 1 atom stereocenters. The van der Waals surface area contributed by atoms with E-state index in [1.165, 1.54) is 11.8 Å². The first-order valence-corrected chi connectivity index (χ1v) is 6.35. The molecule has 98 valence electrons. The van der Waals surface area contributed by atoms with Crippen molar-refractivity contribution in [1.82, 2.24) is 0 Å². The van der Waals surface area contributed by atoms with Crippen molar-refractivity contribution in [3.05, 3.63) is 42.5 Å². The standard InChI is InChI=1S/C13H16O4S/c1-2-7-17-9-10(8-14)18-12-6-4-3-5-11(12)13(15)16/h2-6,10,14H,1,7-9H2,(H,15,16). The molecule has 0 heterocycles. The predicted octanol–water partition coefficient (Wildman–Crippen LogP) is 2.04. The molecule has 0 aliphatic rings. The van der Waals surface area contributed by atoms with E-state index in [4.69, 9.17) is 9.84 Å². The van der Waals surface area contributed by atoms with Crippen LogP contribution in [0.1, 0.15) is 10.4 Å². The highest BCUT2D eigenvalue weighted by Crippen LogP contribution is 2.27. The fraction of sp³-hybridized carbons (Fsp3) is 0.308. The van der Waals surface area contributed by atoms with Crippen molar-refractivity contribution < 1.29 is 19.7 Å². The van der Waals surface area contributed by atoms with E-state index in [1.807, 2.05) is 0 Å². The summed E-state index contributed by atoms with van der Waals surface area (Å²) in [7, 11) is 0. The molecule has 0 aromatic heterocycles. The number of aromatic carboxylic acids is 1. The number of aliphatic hydroxyl groups excluding tert-OH is 1. The van der Waals surface area contributed by atoms with Gasteiger partial charge >= 0.3 is 5.97 Å². The van der Waals surface area contributed by atoms with Gasteiger partial charge in [0.05, 0.1) is 30.6 Å². The molecule has 0 spiro atoms. The number of hydrogen-bond acceptors (Lipinski definition) is 4. The average molecular weight is 268 g/mol. The lowest BCUT2D eigenvalue weighted by molar-refractivity contribution is 0.0693. The molecule has 18 heavy (non-hydrogen) atoms. The van der Waals surface area contributed by atoms with Gasteiger partial charge in [0.25, 0.3) is 0 Å². The lowest BCUT2D eigenvalue weighted by Crippen LogP contribution is -2.17. The van der Waals surface area contributed by atoms with Crippen LogP contribution in [0.5, 0.6) is 0 Å². The molecule has 1 aromatic rings. The number of carboxylic acid groups (broad SMARTS) is 1. The van der Waals surface area contributed by atoms with Gasteiger partial charge in [-0.2, -0.15) is 0 Å². The van der Waals surface area contributed by atoms with Crippen molar-refractivity contribution in [3.63, 3.8) is 0 Å². The van der Waals surface area contributed by atoms with E-state index in [0.29, 0.717) is 18.1 Å². The third kappa shape index (κ3) is 4.52. The van der Waals surface area contributed by atoms with Crippen molar-refractivity contribution in [1.29, 1.82) is 0 Å². The zero-order valence-corrected chi connectivity index (χ0v) is 10.7. The second-order valence-electron chi connectivity index (χ2n) is 3.55. The number of rotatable bonds is 8. The van der Waals surface area contributed by atoms with E-state index in [0.717, 1.165) is 0 Å². The molecule has 0 radical (unpaired) electrons. The van der Waals surface area contributed by atoms with E-state index in [-0.39, 0.29) is 17.4 Å². The first kappa shape index (κ1) is 14.8. The zero-order chi connectivity index (χ0) is 13.4. The van der Waals surface area contributed by atoms with Crippen LogP contribution in [0, 0.1) is 0 Å². The monoisotopic (exact) mass is 268 g/mol. The second kappa shape index (κ2) is 7.92. The summed E-state index contributed by atoms with van der Waals surface area (Å²) in [6.45, 7) is 4.22. The fourth-order valence-electron chi connectivity index (χ4n) is 1.33. The summed E-state index contributed by atoms with van der Waals surface area (Å²) in [5.74, 6) is -0.971. The van der Waals surface area contributed by atoms with E-state index >= 15 is 0 Å². The average Bonchev–Trinajstić information content (AvgIpc) is 2.38. The van der Waals surface area contributed by atoms with Crippen molar-refractivity contribution in [2.24, 2.45) is 0 Å². The van der Waals surface area contributed by atoms with Gasteiger partial charge in [-0.1, -0.05) is 18.2 Å². The Morgan fingerprint density at radius 3 is 2.83 bits per heavy atom. The molecule has 0 bridgehead atoms. The Hall–Kier alpha value is -1.30. The molecule has 2 N–H and O–H groups in total.